The zero-order valence-corrected chi connectivity index (χ0v) is 11.3. The summed E-state index contributed by atoms with van der Waals surface area (Å²) in [4.78, 5) is 28.4. The molecule has 8 nitrogen and oxygen atoms in total. The van der Waals surface area contributed by atoms with Crippen molar-refractivity contribution >= 4 is 27.6 Å². The van der Waals surface area contributed by atoms with E-state index in [0.717, 1.165) is 12.3 Å². The number of rotatable bonds is 4. The summed E-state index contributed by atoms with van der Waals surface area (Å²) in [5.74, 6) is -1.38. The Morgan fingerprint density at radius 1 is 1.35 bits per heavy atom. The summed E-state index contributed by atoms with van der Waals surface area (Å²) in [5, 5.41) is 19.7. The van der Waals surface area contributed by atoms with Gasteiger partial charge in [0.25, 0.3) is 5.88 Å². The zero-order valence-electron chi connectivity index (χ0n) is 9.69. The molecule has 2 aromatic heterocycles. The maximum atomic E-state index is 10.9. The van der Waals surface area contributed by atoms with Crippen molar-refractivity contribution in [2.45, 2.75) is 0 Å². The van der Waals surface area contributed by atoms with Gasteiger partial charge in [-0.25, -0.2) is 9.78 Å². The fourth-order valence-electron chi connectivity index (χ4n) is 1.33. The number of aromatic carboxylic acids is 1. The van der Waals surface area contributed by atoms with Gasteiger partial charge in [0.15, 0.2) is 0 Å². The van der Waals surface area contributed by atoms with E-state index in [4.69, 9.17) is 9.84 Å². The Bertz CT molecular complexity index is 692. The highest BCUT2D eigenvalue weighted by Gasteiger charge is 2.21. The Balaban J connectivity index is 2.41. The van der Waals surface area contributed by atoms with E-state index in [2.05, 4.69) is 25.9 Å². The highest BCUT2D eigenvalue weighted by atomic mass is 79.9. The van der Waals surface area contributed by atoms with Crippen molar-refractivity contribution in [3.63, 3.8) is 0 Å². The van der Waals surface area contributed by atoms with Gasteiger partial charge in [-0.2, -0.15) is 0 Å². The van der Waals surface area contributed by atoms with E-state index < -0.39 is 16.6 Å². The second-order valence-electron chi connectivity index (χ2n) is 3.55. The van der Waals surface area contributed by atoms with Crippen molar-refractivity contribution in [2.75, 3.05) is 0 Å². The van der Waals surface area contributed by atoms with Gasteiger partial charge in [0.2, 0.25) is 0 Å². The quantitative estimate of drug-likeness (QED) is 0.672. The molecule has 20 heavy (non-hydrogen) atoms. The normalized spacial score (nSPS) is 10.1. The van der Waals surface area contributed by atoms with Gasteiger partial charge in [-0.3, -0.25) is 15.1 Å². The number of hydrogen-bond acceptors (Lipinski definition) is 6. The second kappa shape index (κ2) is 5.61. The number of aromatic nitrogens is 2. The Labute approximate surface area is 120 Å². The maximum Gasteiger partial charge on any atom is 0.337 e. The monoisotopic (exact) mass is 339 g/mol. The van der Waals surface area contributed by atoms with E-state index in [1.54, 1.807) is 6.07 Å². The molecule has 0 amide bonds. The molecule has 0 fully saturated rings. The smallest absolute Gasteiger partial charge is 0.337 e. The zero-order chi connectivity index (χ0) is 14.7. The fourth-order valence-corrected chi connectivity index (χ4v) is 1.67. The number of nitrogens with zero attached hydrogens (tertiary/aromatic N) is 3. The van der Waals surface area contributed by atoms with E-state index in [1.165, 1.54) is 12.4 Å². The van der Waals surface area contributed by atoms with E-state index >= 15 is 0 Å². The van der Waals surface area contributed by atoms with Crippen LogP contribution in [0.4, 0.5) is 5.69 Å². The van der Waals surface area contributed by atoms with Crippen molar-refractivity contribution in [1.82, 2.24) is 9.97 Å². The van der Waals surface area contributed by atoms with Gasteiger partial charge in [0.05, 0.1) is 16.7 Å². The minimum Gasteiger partial charge on any atom is -0.478 e. The van der Waals surface area contributed by atoms with E-state index in [0.29, 0.717) is 4.47 Å². The number of halogens is 1. The van der Waals surface area contributed by atoms with E-state index in [9.17, 15) is 14.9 Å². The first-order valence-electron chi connectivity index (χ1n) is 5.13. The van der Waals surface area contributed by atoms with Gasteiger partial charge < -0.3 is 9.84 Å². The summed E-state index contributed by atoms with van der Waals surface area (Å²) in [7, 11) is 0. The van der Waals surface area contributed by atoms with Crippen LogP contribution in [0.1, 0.15) is 10.4 Å². The molecule has 2 aromatic rings. The summed E-state index contributed by atoms with van der Waals surface area (Å²) in [6.45, 7) is 0. The Morgan fingerprint density at radius 2 is 2.10 bits per heavy atom. The van der Waals surface area contributed by atoms with Crippen LogP contribution in [-0.4, -0.2) is 26.0 Å². The molecule has 0 bridgehead atoms. The number of hydrogen-bond donors (Lipinski definition) is 1. The highest BCUT2D eigenvalue weighted by molar-refractivity contribution is 9.10. The van der Waals surface area contributed by atoms with Crippen LogP contribution in [0.3, 0.4) is 0 Å². The molecule has 2 heterocycles. The van der Waals surface area contributed by atoms with Crippen LogP contribution in [-0.2, 0) is 0 Å². The third-order valence-electron chi connectivity index (χ3n) is 2.17. The van der Waals surface area contributed by atoms with Crippen molar-refractivity contribution < 1.29 is 19.6 Å². The van der Waals surface area contributed by atoms with Crippen molar-refractivity contribution in [2.24, 2.45) is 0 Å². The number of carbonyl (C=O) groups is 1. The molecule has 2 rings (SSSR count). The summed E-state index contributed by atoms with van der Waals surface area (Å²) in [5.41, 5.74) is -0.832. The molecule has 0 saturated heterocycles. The number of pyridine rings is 2. The highest BCUT2D eigenvalue weighted by Crippen LogP contribution is 2.30. The fraction of sp³-hybridized carbons (Fsp3) is 0. The SMILES string of the molecule is O=C(O)c1cnc(Oc2cncc(Br)c2)c([N+](=O)[O-])c1. The largest absolute Gasteiger partial charge is 0.478 e. The first-order chi connectivity index (χ1) is 9.47. The van der Waals surface area contributed by atoms with E-state index in [1.807, 2.05) is 0 Å². The van der Waals surface area contributed by atoms with Crippen LogP contribution >= 0.6 is 15.9 Å². The average Bonchev–Trinajstić information content (AvgIpc) is 2.38. The third kappa shape index (κ3) is 3.06. The molecule has 0 spiro atoms. The van der Waals surface area contributed by atoms with Crippen LogP contribution in [0.25, 0.3) is 0 Å². The Morgan fingerprint density at radius 3 is 2.70 bits per heavy atom. The molecule has 0 aromatic carbocycles. The first kappa shape index (κ1) is 13.9. The number of carboxylic acids is 1. The van der Waals surface area contributed by atoms with Crippen LogP contribution in [0.2, 0.25) is 0 Å². The van der Waals surface area contributed by atoms with Crippen LogP contribution in [0, 0.1) is 10.1 Å². The second-order valence-corrected chi connectivity index (χ2v) is 4.47. The van der Waals surface area contributed by atoms with Gasteiger partial charge in [-0.15, -0.1) is 0 Å². The predicted molar refractivity (Wildman–Crippen MR) is 69.9 cm³/mol. The third-order valence-corrected chi connectivity index (χ3v) is 2.60. The molecule has 0 saturated carbocycles. The summed E-state index contributed by atoms with van der Waals surface area (Å²) in [6.07, 6.45) is 3.85. The molecule has 0 radical (unpaired) electrons. The topological polar surface area (TPSA) is 115 Å². The van der Waals surface area contributed by atoms with Crippen LogP contribution < -0.4 is 4.74 Å². The molecule has 9 heteroatoms. The molecule has 102 valence electrons. The van der Waals surface area contributed by atoms with Crippen molar-refractivity contribution in [3.8, 4) is 11.6 Å². The Kier molecular flexibility index (Phi) is 3.89. The molecule has 1 N–H and O–H groups in total. The molecular weight excluding hydrogens is 334 g/mol. The lowest BCUT2D eigenvalue weighted by Crippen LogP contribution is -2.02. The lowest BCUT2D eigenvalue weighted by Gasteiger charge is -2.05. The molecule has 0 atom stereocenters. The van der Waals surface area contributed by atoms with Crippen molar-refractivity contribution in [3.05, 3.63) is 50.9 Å². The number of nitro groups is 1. The molecular formula is C11H6BrN3O5. The summed E-state index contributed by atoms with van der Waals surface area (Å²) in [6, 6.07) is 2.43. The molecule has 0 aliphatic rings. The molecule has 0 unspecified atom stereocenters. The van der Waals surface area contributed by atoms with Gasteiger partial charge >= 0.3 is 11.7 Å². The Hall–Kier alpha value is -2.55. The number of carboxylic acid groups (broad SMARTS) is 1. The summed E-state index contributed by atoms with van der Waals surface area (Å²) >= 11 is 3.18. The summed E-state index contributed by atoms with van der Waals surface area (Å²) < 4.78 is 5.87. The minimum atomic E-state index is -1.31. The van der Waals surface area contributed by atoms with Crippen molar-refractivity contribution in [1.29, 1.82) is 0 Å². The van der Waals surface area contributed by atoms with Gasteiger partial charge in [0.1, 0.15) is 5.75 Å². The van der Waals surface area contributed by atoms with Gasteiger partial charge in [-0.1, -0.05) is 0 Å². The lowest BCUT2D eigenvalue weighted by atomic mass is 10.2. The maximum absolute atomic E-state index is 10.9. The van der Waals surface area contributed by atoms with Gasteiger partial charge in [0, 0.05) is 22.9 Å². The minimum absolute atomic E-state index is 0.234. The van der Waals surface area contributed by atoms with Crippen LogP contribution in [0.15, 0.2) is 35.2 Å². The van der Waals surface area contributed by atoms with E-state index in [-0.39, 0.29) is 17.2 Å². The number of ether oxygens (including phenoxy) is 1. The van der Waals surface area contributed by atoms with Crippen LogP contribution in [0.5, 0.6) is 11.6 Å². The average molecular weight is 340 g/mol. The molecule has 0 aliphatic carbocycles. The lowest BCUT2D eigenvalue weighted by molar-refractivity contribution is -0.386. The molecule has 0 aliphatic heterocycles. The van der Waals surface area contributed by atoms with Gasteiger partial charge in [-0.05, 0) is 22.0 Å². The predicted octanol–water partition coefficient (Wildman–Crippen LogP) is 2.64. The standard InChI is InChI=1S/C11H6BrN3O5/c12-7-2-8(5-13-4-7)20-10-9(15(18)19)1-6(3-14-10)11(16)17/h1-5H,(H,16,17). The first-order valence-corrected chi connectivity index (χ1v) is 5.93.